The van der Waals surface area contributed by atoms with Crippen molar-refractivity contribution in [1.82, 2.24) is 43.4 Å². The number of aromatic nitrogens is 9. The van der Waals surface area contributed by atoms with Crippen molar-refractivity contribution in [2.24, 2.45) is 0 Å². The number of halogens is 2. The van der Waals surface area contributed by atoms with Crippen LogP contribution < -0.4 is 5.73 Å². The average Bonchev–Trinajstić information content (AvgIpc) is 3.82. The van der Waals surface area contributed by atoms with E-state index in [0.29, 0.717) is 16.9 Å². The minimum atomic E-state index is -4.37. The zero-order chi connectivity index (χ0) is 32.0. The van der Waals surface area contributed by atoms with Gasteiger partial charge in [-0.15, -0.1) is 0 Å². The second kappa shape index (κ2) is 11.2. The first-order valence-electron chi connectivity index (χ1n) is 13.5. The molecule has 18 nitrogen and oxygen atoms in total. The summed E-state index contributed by atoms with van der Waals surface area (Å²) in [6.45, 7) is -9.82. The first-order chi connectivity index (χ1) is 22.0. The van der Waals surface area contributed by atoms with Gasteiger partial charge in [-0.05, 0) is 11.8 Å². The van der Waals surface area contributed by atoms with E-state index in [1.165, 1.54) is 28.1 Å². The molecule has 0 bridgehead atoms. The van der Waals surface area contributed by atoms with E-state index >= 15 is 8.78 Å². The monoisotopic (exact) mass is 718 g/mol. The molecule has 0 aliphatic carbocycles. The summed E-state index contributed by atoms with van der Waals surface area (Å²) in [7, 11) is 0. The second-order valence-electron chi connectivity index (χ2n) is 10.5. The number of alkyl halides is 2. The number of nitrogens with two attached hydrogens (primary N) is 1. The Morgan fingerprint density at radius 3 is 2.57 bits per heavy atom. The highest BCUT2D eigenvalue weighted by atomic mass is 32.7. The van der Waals surface area contributed by atoms with Gasteiger partial charge >= 0.3 is 13.5 Å². The van der Waals surface area contributed by atoms with E-state index in [0.717, 1.165) is 0 Å². The topological polar surface area (TPSA) is 210 Å². The maximum absolute atomic E-state index is 16.1. The Balaban J connectivity index is 1.07. The molecule has 2 unspecified atom stereocenters. The van der Waals surface area contributed by atoms with Crippen molar-refractivity contribution in [2.75, 3.05) is 18.9 Å². The molecule has 0 aromatic carbocycles. The van der Waals surface area contributed by atoms with Gasteiger partial charge in [0.2, 0.25) is 5.78 Å². The lowest BCUT2D eigenvalue weighted by Gasteiger charge is -2.29. The molecule has 0 amide bonds. The molecule has 3 saturated heterocycles. The van der Waals surface area contributed by atoms with Crippen LogP contribution in [-0.2, 0) is 43.9 Å². The third-order valence-corrected chi connectivity index (χ3v) is 10.9. The molecule has 3 aliphatic heterocycles. The van der Waals surface area contributed by atoms with Crippen molar-refractivity contribution in [3.8, 4) is 0 Å². The number of nitrogens with zero attached hydrogens (tertiary/aromatic N) is 9. The average molecular weight is 719 g/mol. The van der Waals surface area contributed by atoms with Crippen LogP contribution in [0.1, 0.15) is 12.5 Å². The smallest absolute Gasteiger partial charge is 0.382 e. The van der Waals surface area contributed by atoms with E-state index in [-0.39, 0.29) is 17.0 Å². The van der Waals surface area contributed by atoms with E-state index in [1.54, 1.807) is 23.0 Å². The van der Waals surface area contributed by atoms with Gasteiger partial charge in [-0.3, -0.25) is 22.5 Å². The van der Waals surface area contributed by atoms with Crippen molar-refractivity contribution in [2.45, 2.75) is 49.2 Å². The maximum Gasteiger partial charge on any atom is 0.386 e. The number of hydrogen-bond acceptors (Lipinski definition) is 15. The summed E-state index contributed by atoms with van der Waals surface area (Å²) in [4.78, 5) is 35.7. The molecule has 244 valence electrons. The van der Waals surface area contributed by atoms with Gasteiger partial charge < -0.3 is 29.2 Å². The van der Waals surface area contributed by atoms with E-state index < -0.39 is 75.9 Å². The van der Waals surface area contributed by atoms with Gasteiger partial charge in [-0.1, -0.05) is 12.2 Å². The van der Waals surface area contributed by atoms with Gasteiger partial charge in [0.1, 0.15) is 41.8 Å². The van der Waals surface area contributed by atoms with Gasteiger partial charge in [0.15, 0.2) is 41.9 Å². The second-order valence-corrected chi connectivity index (χ2v) is 16.2. The Bertz CT molecular complexity index is 2070. The van der Waals surface area contributed by atoms with Crippen molar-refractivity contribution < 1.29 is 45.8 Å². The quantitative estimate of drug-likeness (QED) is 0.176. The molecule has 3 N–H and O–H groups in total. The van der Waals surface area contributed by atoms with Crippen LogP contribution in [0.25, 0.3) is 28.1 Å². The molecule has 3 aliphatic rings. The van der Waals surface area contributed by atoms with Crippen LogP contribution in [-0.4, -0.2) is 98.3 Å². The number of thiol groups is 1. The Labute approximate surface area is 266 Å². The van der Waals surface area contributed by atoms with Crippen LogP contribution in [0.3, 0.4) is 0 Å². The number of ether oxygens (including phenoxy) is 2. The van der Waals surface area contributed by atoms with E-state index in [1.807, 2.05) is 0 Å². The van der Waals surface area contributed by atoms with Crippen molar-refractivity contribution >= 4 is 71.5 Å². The molecule has 5 aromatic heterocycles. The largest absolute Gasteiger partial charge is 0.386 e. The number of imidazole rings is 3. The van der Waals surface area contributed by atoms with Crippen molar-refractivity contribution in [3.05, 3.63) is 37.6 Å². The van der Waals surface area contributed by atoms with Crippen molar-refractivity contribution in [1.29, 1.82) is 0 Å². The number of anilines is 1. The zero-order valence-corrected chi connectivity index (χ0v) is 26.4. The summed E-state index contributed by atoms with van der Waals surface area (Å²) in [5.41, 5.74) is 7.09. The van der Waals surface area contributed by atoms with Gasteiger partial charge in [-0.25, -0.2) is 38.3 Å². The third kappa shape index (κ3) is 5.21. The molecule has 0 spiro atoms. The molecule has 10 atom stereocenters. The van der Waals surface area contributed by atoms with Crippen LogP contribution in [0.5, 0.6) is 0 Å². The molecular weight excluding hydrogens is 696 g/mol. The standard InChI is InChI=1S/C22H22F2N10O8P2S2/c23-12-15-10(39-20(12)32-3-9-18(30-7-32)31-22-26-1-2-33(9)22)4-37-44(36,46)42-16-11(5-38-43(35,45)41-15)40-21(13(16)24)34-8-29-14-17(25)27-6-28-19(14)34/h1-3,6-8,10-13,15-16,20-21H,4-5H2,(H,35,45)(H,36,46)(H2,25,27,28)/t10-,11-,12-,13-,15-,16-,20-,21-,43?,44?/m1/s1. The molecule has 3 fully saturated rings. The van der Waals surface area contributed by atoms with Gasteiger partial charge in [-0.2, -0.15) is 4.98 Å². The Hall–Kier alpha value is -2.75. The molecule has 8 heterocycles. The highest BCUT2D eigenvalue weighted by molar-refractivity contribution is 8.44. The fourth-order valence-corrected chi connectivity index (χ4v) is 8.53. The number of nitrogen functional groups attached to an aromatic ring is 1. The molecular formula is C22H22F2N10O8P2S2. The minimum Gasteiger partial charge on any atom is -0.382 e. The SMILES string of the molecule is Nc1ncnc2c1ncn2[C@@H]1O[C@@H]2COP(=O)(S)O[C@H]3[C@@H](F)[C@H](n4cnc5nc6nccn6c5c4)O[C@@H]3COP(O)(=S)O[C@H]2[C@H]1F. The van der Waals surface area contributed by atoms with E-state index in [4.69, 9.17) is 45.1 Å². The summed E-state index contributed by atoms with van der Waals surface area (Å²) in [5.74, 6) is 0.461. The van der Waals surface area contributed by atoms with Crippen LogP contribution in [0, 0.1) is 0 Å². The van der Waals surface area contributed by atoms with Crippen LogP contribution in [0.2, 0.25) is 0 Å². The van der Waals surface area contributed by atoms with Gasteiger partial charge in [0.25, 0.3) is 0 Å². The highest BCUT2D eigenvalue weighted by Crippen LogP contribution is 2.58. The fraction of sp³-hybridized carbons (Fsp3) is 0.455. The van der Waals surface area contributed by atoms with E-state index in [9.17, 15) is 9.46 Å². The number of fused-ring (bicyclic) bond motifs is 6. The van der Waals surface area contributed by atoms with Crippen LogP contribution >= 0.6 is 25.8 Å². The summed E-state index contributed by atoms with van der Waals surface area (Å²) >= 11 is 9.21. The van der Waals surface area contributed by atoms with Gasteiger partial charge in [0.05, 0.1) is 25.9 Å². The molecule has 46 heavy (non-hydrogen) atoms. The molecule has 0 radical (unpaired) electrons. The molecule has 24 heteroatoms. The zero-order valence-electron chi connectivity index (χ0n) is 22.9. The molecule has 5 aromatic rings. The molecule has 8 rings (SSSR count). The highest BCUT2D eigenvalue weighted by Gasteiger charge is 2.53. The lowest BCUT2D eigenvalue weighted by Crippen LogP contribution is -2.37. The summed E-state index contributed by atoms with van der Waals surface area (Å²) in [5, 5.41) is 0. The molecule has 0 saturated carbocycles. The van der Waals surface area contributed by atoms with E-state index in [2.05, 4.69) is 42.2 Å². The Kier molecular flexibility index (Phi) is 7.42. The Morgan fingerprint density at radius 2 is 1.74 bits per heavy atom. The fourth-order valence-electron chi connectivity index (χ4n) is 5.61. The van der Waals surface area contributed by atoms with Gasteiger partial charge in [0, 0.05) is 18.6 Å². The third-order valence-electron chi connectivity index (χ3n) is 7.70. The number of rotatable bonds is 2. The minimum absolute atomic E-state index is 0.0607. The predicted octanol–water partition coefficient (Wildman–Crippen LogP) is 2.04. The summed E-state index contributed by atoms with van der Waals surface area (Å²) < 4.78 is 83.6. The normalized spacial score (nSPS) is 37.3. The summed E-state index contributed by atoms with van der Waals surface area (Å²) in [6.07, 6.45) is -4.06. The van der Waals surface area contributed by atoms with Crippen molar-refractivity contribution in [3.63, 3.8) is 0 Å². The first-order valence-corrected chi connectivity index (χ1v) is 18.8. The first kappa shape index (κ1) is 30.6. The lowest BCUT2D eigenvalue weighted by molar-refractivity contribution is -0.0571. The van der Waals surface area contributed by atoms with Crippen LogP contribution in [0.4, 0.5) is 14.6 Å². The van der Waals surface area contributed by atoms with Crippen LogP contribution in [0.15, 0.2) is 37.6 Å². The predicted molar refractivity (Wildman–Crippen MR) is 158 cm³/mol. The lowest BCUT2D eigenvalue weighted by atomic mass is 10.1. The summed E-state index contributed by atoms with van der Waals surface area (Å²) in [6, 6.07) is 0. The maximum atomic E-state index is 16.1. The Morgan fingerprint density at radius 1 is 1.00 bits per heavy atom. The number of hydrogen-bond donors (Lipinski definition) is 3.